The third-order valence-electron chi connectivity index (χ3n) is 3.58. The Kier molecular flexibility index (Phi) is 10.4. The van der Waals surface area contributed by atoms with E-state index in [4.69, 9.17) is 0 Å². The molecular formula is C22H31N3S. The molecule has 4 heteroatoms. The van der Waals surface area contributed by atoms with Gasteiger partial charge in [-0.15, -0.1) is 11.3 Å². The van der Waals surface area contributed by atoms with Crippen molar-refractivity contribution >= 4 is 11.3 Å². The molecule has 0 bridgehead atoms. The average molecular weight is 370 g/mol. The Labute approximate surface area is 162 Å². The fourth-order valence-corrected chi connectivity index (χ4v) is 2.61. The van der Waals surface area contributed by atoms with E-state index in [9.17, 15) is 0 Å². The van der Waals surface area contributed by atoms with Crippen LogP contribution < -0.4 is 0 Å². The SMILES string of the molecule is CC(C)c1ccccn1.CC(C)c1cccnc1.CC(C)c1nccs1. The topological polar surface area (TPSA) is 38.7 Å². The summed E-state index contributed by atoms with van der Waals surface area (Å²) in [6, 6.07) is 10.1. The van der Waals surface area contributed by atoms with Gasteiger partial charge >= 0.3 is 0 Å². The third-order valence-corrected chi connectivity index (χ3v) is 4.65. The first kappa shape index (κ1) is 22.0. The Bertz CT molecular complexity index is 634. The highest BCUT2D eigenvalue weighted by Crippen LogP contribution is 2.15. The van der Waals surface area contributed by atoms with Crippen LogP contribution in [0.4, 0.5) is 0 Å². The van der Waals surface area contributed by atoms with Gasteiger partial charge in [0.1, 0.15) is 0 Å². The predicted molar refractivity (Wildman–Crippen MR) is 113 cm³/mol. The minimum absolute atomic E-state index is 0.547. The summed E-state index contributed by atoms with van der Waals surface area (Å²) >= 11 is 1.72. The summed E-state index contributed by atoms with van der Waals surface area (Å²) in [6.07, 6.45) is 7.38. The van der Waals surface area contributed by atoms with Crippen molar-refractivity contribution in [2.75, 3.05) is 0 Å². The van der Waals surface area contributed by atoms with Crippen LogP contribution in [0.2, 0.25) is 0 Å². The normalized spacial score (nSPS) is 10.2. The number of thiazole rings is 1. The van der Waals surface area contributed by atoms with Crippen molar-refractivity contribution in [2.45, 2.75) is 59.3 Å². The van der Waals surface area contributed by atoms with E-state index in [1.165, 1.54) is 10.6 Å². The largest absolute Gasteiger partial charge is 0.264 e. The third kappa shape index (κ3) is 8.86. The van der Waals surface area contributed by atoms with Gasteiger partial charge in [0.2, 0.25) is 0 Å². The molecule has 3 heterocycles. The Balaban J connectivity index is 0.000000195. The van der Waals surface area contributed by atoms with Crippen LogP contribution in [0.5, 0.6) is 0 Å². The highest BCUT2D eigenvalue weighted by atomic mass is 32.1. The number of pyridine rings is 2. The molecule has 0 amide bonds. The molecule has 3 aromatic rings. The van der Waals surface area contributed by atoms with Crippen LogP contribution in [-0.4, -0.2) is 15.0 Å². The highest BCUT2D eigenvalue weighted by Gasteiger charge is 1.98. The zero-order valence-electron chi connectivity index (χ0n) is 16.8. The zero-order valence-corrected chi connectivity index (χ0v) is 17.6. The summed E-state index contributed by atoms with van der Waals surface area (Å²) < 4.78 is 0. The maximum atomic E-state index is 4.18. The van der Waals surface area contributed by atoms with Crippen molar-refractivity contribution in [3.63, 3.8) is 0 Å². The zero-order chi connectivity index (χ0) is 19.4. The minimum atomic E-state index is 0.547. The van der Waals surface area contributed by atoms with Gasteiger partial charge in [0, 0.05) is 41.8 Å². The number of rotatable bonds is 3. The Morgan fingerprint density at radius 2 is 1.50 bits per heavy atom. The molecule has 0 saturated heterocycles. The van der Waals surface area contributed by atoms with E-state index < -0.39 is 0 Å². The molecule has 140 valence electrons. The monoisotopic (exact) mass is 369 g/mol. The average Bonchev–Trinajstić information content (AvgIpc) is 3.19. The quantitative estimate of drug-likeness (QED) is 0.517. The van der Waals surface area contributed by atoms with Crippen LogP contribution in [0, 0.1) is 0 Å². The molecule has 0 atom stereocenters. The lowest BCUT2D eigenvalue weighted by atomic mass is 10.1. The molecule has 0 aromatic carbocycles. The van der Waals surface area contributed by atoms with Crippen LogP contribution >= 0.6 is 11.3 Å². The summed E-state index contributed by atoms with van der Waals surface area (Å²) in [5.41, 5.74) is 2.47. The number of hydrogen-bond acceptors (Lipinski definition) is 4. The molecular weight excluding hydrogens is 338 g/mol. The predicted octanol–water partition coefficient (Wildman–Crippen LogP) is 6.68. The molecule has 3 rings (SSSR count). The van der Waals surface area contributed by atoms with Crippen molar-refractivity contribution < 1.29 is 0 Å². The standard InChI is InChI=1S/2C8H11N.C6H9NS/c1-7(2)8-4-3-5-9-6-8;1-7(2)8-5-3-4-6-9-8;1-5(2)6-7-3-4-8-6/h2*3-7H,1-2H3;3-5H,1-2H3. The summed E-state index contributed by atoms with van der Waals surface area (Å²) in [7, 11) is 0. The van der Waals surface area contributed by atoms with Gasteiger partial charge in [-0.2, -0.15) is 0 Å². The van der Waals surface area contributed by atoms with Crippen LogP contribution in [-0.2, 0) is 0 Å². The number of nitrogens with zero attached hydrogens (tertiary/aromatic N) is 3. The maximum Gasteiger partial charge on any atom is 0.0950 e. The van der Waals surface area contributed by atoms with Gasteiger partial charge in [-0.05, 0) is 35.6 Å². The number of aromatic nitrogens is 3. The van der Waals surface area contributed by atoms with Crippen LogP contribution in [0.15, 0.2) is 60.5 Å². The van der Waals surface area contributed by atoms with E-state index >= 15 is 0 Å². The van der Waals surface area contributed by atoms with Crippen molar-refractivity contribution in [1.82, 2.24) is 15.0 Å². The lowest BCUT2D eigenvalue weighted by Gasteiger charge is -2.00. The van der Waals surface area contributed by atoms with Crippen molar-refractivity contribution in [1.29, 1.82) is 0 Å². The van der Waals surface area contributed by atoms with E-state index in [-0.39, 0.29) is 0 Å². The van der Waals surface area contributed by atoms with Gasteiger partial charge in [-0.3, -0.25) is 9.97 Å². The fourth-order valence-electron chi connectivity index (χ4n) is 1.95. The second-order valence-electron chi connectivity index (χ2n) is 6.88. The Morgan fingerprint density at radius 1 is 0.731 bits per heavy atom. The molecule has 3 aromatic heterocycles. The molecule has 0 aliphatic rings. The molecule has 0 radical (unpaired) electrons. The smallest absolute Gasteiger partial charge is 0.0950 e. The molecule has 0 N–H and O–H groups in total. The van der Waals surface area contributed by atoms with E-state index in [2.05, 4.69) is 62.6 Å². The first-order valence-corrected chi connectivity index (χ1v) is 10.00. The molecule has 26 heavy (non-hydrogen) atoms. The van der Waals surface area contributed by atoms with Crippen LogP contribution in [0.1, 0.15) is 75.6 Å². The van der Waals surface area contributed by atoms with Gasteiger partial charge in [0.25, 0.3) is 0 Å². The van der Waals surface area contributed by atoms with Gasteiger partial charge in [-0.25, -0.2) is 4.98 Å². The lowest BCUT2D eigenvalue weighted by molar-refractivity contribution is 0.823. The van der Waals surface area contributed by atoms with Gasteiger partial charge in [0.15, 0.2) is 0 Å². The maximum absolute atomic E-state index is 4.18. The van der Waals surface area contributed by atoms with Crippen molar-refractivity contribution in [3.05, 3.63) is 76.8 Å². The van der Waals surface area contributed by atoms with Gasteiger partial charge in [-0.1, -0.05) is 53.7 Å². The molecule has 3 nitrogen and oxygen atoms in total. The first-order valence-electron chi connectivity index (χ1n) is 9.12. The number of hydrogen-bond donors (Lipinski definition) is 0. The van der Waals surface area contributed by atoms with E-state index in [0.717, 1.165) is 5.69 Å². The van der Waals surface area contributed by atoms with Crippen LogP contribution in [0.25, 0.3) is 0 Å². The Hall–Kier alpha value is -2.07. The van der Waals surface area contributed by atoms with Gasteiger partial charge in [0.05, 0.1) is 5.01 Å². The molecule has 0 fully saturated rings. The molecule has 0 spiro atoms. The van der Waals surface area contributed by atoms with E-state index in [1.54, 1.807) is 17.5 Å². The minimum Gasteiger partial charge on any atom is -0.264 e. The highest BCUT2D eigenvalue weighted by molar-refractivity contribution is 7.09. The van der Waals surface area contributed by atoms with Crippen molar-refractivity contribution in [3.8, 4) is 0 Å². The summed E-state index contributed by atoms with van der Waals surface area (Å²) in [5.74, 6) is 1.74. The molecule has 0 saturated carbocycles. The second-order valence-corrected chi connectivity index (χ2v) is 7.80. The fraction of sp³-hybridized carbons (Fsp3) is 0.409. The lowest BCUT2D eigenvalue weighted by Crippen LogP contribution is -1.88. The van der Waals surface area contributed by atoms with Gasteiger partial charge < -0.3 is 0 Å². The second kappa shape index (κ2) is 12.3. The van der Waals surface area contributed by atoms with E-state index in [1.807, 2.05) is 48.2 Å². The van der Waals surface area contributed by atoms with Crippen LogP contribution in [0.3, 0.4) is 0 Å². The first-order chi connectivity index (χ1) is 12.4. The molecule has 0 aliphatic carbocycles. The summed E-state index contributed by atoms with van der Waals surface area (Å²) in [4.78, 5) is 12.3. The summed E-state index contributed by atoms with van der Waals surface area (Å²) in [5, 5.41) is 3.24. The molecule has 0 aliphatic heterocycles. The molecule has 0 unspecified atom stereocenters. The summed E-state index contributed by atoms with van der Waals surface area (Å²) in [6.45, 7) is 12.9. The van der Waals surface area contributed by atoms with E-state index in [0.29, 0.717) is 17.8 Å². The van der Waals surface area contributed by atoms with Crippen molar-refractivity contribution in [2.24, 2.45) is 0 Å². The Morgan fingerprint density at radius 3 is 1.81 bits per heavy atom.